The quantitative estimate of drug-likeness (QED) is 0.738. The first-order valence-corrected chi connectivity index (χ1v) is 6.39. The van der Waals surface area contributed by atoms with Crippen molar-refractivity contribution in [2.45, 2.75) is 6.92 Å². The van der Waals surface area contributed by atoms with Gasteiger partial charge in [0.05, 0.1) is 26.0 Å². The number of rotatable bonds is 3. The third kappa shape index (κ3) is 2.07. The van der Waals surface area contributed by atoms with Crippen molar-refractivity contribution in [2.75, 3.05) is 14.2 Å². The SMILES string of the molecule is COc1cccc(-c2cc3occ(C)c3c(=O)o2)c1OC. The molecule has 0 spiro atoms. The number of methoxy groups -OCH3 is 2. The molecular weight excluding hydrogens is 272 g/mol. The van der Waals surface area contributed by atoms with Gasteiger partial charge in [-0.05, 0) is 19.1 Å². The van der Waals surface area contributed by atoms with E-state index in [4.69, 9.17) is 18.3 Å². The van der Waals surface area contributed by atoms with E-state index in [0.717, 1.165) is 5.56 Å². The highest BCUT2D eigenvalue weighted by Gasteiger charge is 2.17. The lowest BCUT2D eigenvalue weighted by Crippen LogP contribution is -2.01. The van der Waals surface area contributed by atoms with Crippen LogP contribution in [0, 0.1) is 6.92 Å². The van der Waals surface area contributed by atoms with Crippen molar-refractivity contribution in [3.63, 3.8) is 0 Å². The third-order valence-corrected chi connectivity index (χ3v) is 3.34. The molecule has 5 nitrogen and oxygen atoms in total. The number of hydrogen-bond acceptors (Lipinski definition) is 5. The molecule has 2 aromatic heterocycles. The Kier molecular flexibility index (Phi) is 3.17. The van der Waals surface area contributed by atoms with Crippen molar-refractivity contribution in [1.29, 1.82) is 0 Å². The van der Waals surface area contributed by atoms with E-state index in [-0.39, 0.29) is 0 Å². The van der Waals surface area contributed by atoms with Gasteiger partial charge in [-0.3, -0.25) is 0 Å². The smallest absolute Gasteiger partial charge is 0.347 e. The first kappa shape index (κ1) is 13.3. The molecule has 0 bridgehead atoms. The van der Waals surface area contributed by atoms with Crippen molar-refractivity contribution in [1.82, 2.24) is 0 Å². The van der Waals surface area contributed by atoms with E-state index in [0.29, 0.717) is 33.8 Å². The number of benzene rings is 1. The van der Waals surface area contributed by atoms with Crippen molar-refractivity contribution < 1.29 is 18.3 Å². The van der Waals surface area contributed by atoms with Crippen LogP contribution < -0.4 is 15.1 Å². The molecule has 3 aromatic rings. The van der Waals surface area contributed by atoms with Gasteiger partial charge in [-0.2, -0.15) is 0 Å². The van der Waals surface area contributed by atoms with Crippen LogP contribution in [-0.2, 0) is 0 Å². The van der Waals surface area contributed by atoms with Crippen LogP contribution in [-0.4, -0.2) is 14.2 Å². The van der Waals surface area contributed by atoms with Gasteiger partial charge >= 0.3 is 5.63 Å². The summed E-state index contributed by atoms with van der Waals surface area (Å²) in [4.78, 5) is 12.1. The van der Waals surface area contributed by atoms with Crippen molar-refractivity contribution in [3.05, 3.63) is 46.5 Å². The van der Waals surface area contributed by atoms with Crippen molar-refractivity contribution in [3.8, 4) is 22.8 Å². The minimum atomic E-state index is -0.432. The van der Waals surface area contributed by atoms with Gasteiger partial charge in [0.2, 0.25) is 0 Å². The van der Waals surface area contributed by atoms with E-state index < -0.39 is 5.63 Å². The molecule has 0 atom stereocenters. The van der Waals surface area contributed by atoms with E-state index >= 15 is 0 Å². The number of aryl methyl sites for hydroxylation is 1. The summed E-state index contributed by atoms with van der Waals surface area (Å²) in [6.07, 6.45) is 1.54. The van der Waals surface area contributed by atoms with Crippen LogP contribution in [0.2, 0.25) is 0 Å². The Morgan fingerprint density at radius 1 is 1.14 bits per heavy atom. The molecule has 2 heterocycles. The summed E-state index contributed by atoms with van der Waals surface area (Å²) in [5.74, 6) is 1.44. The van der Waals surface area contributed by atoms with Crippen molar-refractivity contribution >= 4 is 11.0 Å². The predicted octanol–water partition coefficient (Wildman–Crippen LogP) is 3.38. The van der Waals surface area contributed by atoms with Crippen LogP contribution in [0.5, 0.6) is 11.5 Å². The fourth-order valence-electron chi connectivity index (χ4n) is 2.35. The van der Waals surface area contributed by atoms with Gasteiger partial charge in [-0.15, -0.1) is 0 Å². The number of fused-ring (bicyclic) bond motifs is 1. The highest BCUT2D eigenvalue weighted by atomic mass is 16.5. The zero-order valence-electron chi connectivity index (χ0n) is 11.9. The van der Waals surface area contributed by atoms with E-state index in [9.17, 15) is 4.79 Å². The summed E-state index contributed by atoms with van der Waals surface area (Å²) < 4.78 is 21.4. The average Bonchev–Trinajstić information content (AvgIpc) is 2.88. The molecule has 21 heavy (non-hydrogen) atoms. The summed E-state index contributed by atoms with van der Waals surface area (Å²) in [7, 11) is 3.09. The summed E-state index contributed by atoms with van der Waals surface area (Å²) in [6, 6.07) is 7.05. The maximum Gasteiger partial charge on any atom is 0.347 e. The second-order valence-electron chi connectivity index (χ2n) is 4.60. The van der Waals surface area contributed by atoms with Gasteiger partial charge in [0.1, 0.15) is 16.7 Å². The lowest BCUT2D eigenvalue weighted by atomic mass is 10.1. The number of ether oxygens (including phenoxy) is 2. The Morgan fingerprint density at radius 2 is 1.95 bits per heavy atom. The standard InChI is InChI=1S/C16H14O5/c1-9-8-20-13-7-12(21-16(17)14(9)13)10-5-4-6-11(18-2)15(10)19-3/h4-8H,1-3H3. The monoisotopic (exact) mass is 286 g/mol. The Morgan fingerprint density at radius 3 is 2.67 bits per heavy atom. The molecule has 0 amide bonds. The van der Waals surface area contributed by atoms with E-state index in [1.807, 2.05) is 0 Å². The first-order valence-electron chi connectivity index (χ1n) is 6.39. The molecule has 0 aliphatic heterocycles. The minimum Gasteiger partial charge on any atom is -0.493 e. The van der Waals surface area contributed by atoms with Gasteiger partial charge in [0, 0.05) is 11.6 Å². The normalized spacial score (nSPS) is 10.8. The molecule has 0 aliphatic carbocycles. The van der Waals surface area contributed by atoms with Gasteiger partial charge in [-0.1, -0.05) is 6.07 Å². The third-order valence-electron chi connectivity index (χ3n) is 3.34. The molecule has 0 fully saturated rings. The Bertz CT molecular complexity index is 857. The Balaban J connectivity index is 2.28. The highest BCUT2D eigenvalue weighted by molar-refractivity contribution is 5.83. The summed E-state index contributed by atoms with van der Waals surface area (Å²) in [6.45, 7) is 1.80. The van der Waals surface area contributed by atoms with Crippen LogP contribution in [0.1, 0.15) is 5.56 Å². The Labute approximate surface area is 120 Å². The highest BCUT2D eigenvalue weighted by Crippen LogP contribution is 2.38. The van der Waals surface area contributed by atoms with Crippen LogP contribution in [0.25, 0.3) is 22.3 Å². The number of hydrogen-bond donors (Lipinski definition) is 0. The van der Waals surface area contributed by atoms with E-state index in [1.54, 1.807) is 38.3 Å². The van der Waals surface area contributed by atoms with Gasteiger partial charge < -0.3 is 18.3 Å². The summed E-state index contributed by atoms with van der Waals surface area (Å²) in [5.41, 5.74) is 1.44. The number of para-hydroxylation sites is 1. The predicted molar refractivity (Wildman–Crippen MR) is 78.0 cm³/mol. The first-order chi connectivity index (χ1) is 10.2. The molecule has 0 saturated carbocycles. The molecule has 5 heteroatoms. The largest absolute Gasteiger partial charge is 0.493 e. The fraction of sp³-hybridized carbons (Fsp3) is 0.188. The molecule has 3 rings (SSSR count). The van der Waals surface area contributed by atoms with Crippen LogP contribution in [0.15, 0.2) is 44.2 Å². The zero-order valence-corrected chi connectivity index (χ0v) is 11.9. The molecule has 0 radical (unpaired) electrons. The van der Waals surface area contributed by atoms with Crippen LogP contribution in [0.4, 0.5) is 0 Å². The topological polar surface area (TPSA) is 61.8 Å². The zero-order chi connectivity index (χ0) is 15.0. The lowest BCUT2D eigenvalue weighted by molar-refractivity contribution is 0.355. The van der Waals surface area contributed by atoms with E-state index in [1.165, 1.54) is 13.4 Å². The average molecular weight is 286 g/mol. The van der Waals surface area contributed by atoms with Crippen LogP contribution >= 0.6 is 0 Å². The minimum absolute atomic E-state index is 0.373. The lowest BCUT2D eigenvalue weighted by Gasteiger charge is -2.11. The number of furan rings is 1. The Hall–Kier alpha value is -2.69. The maximum atomic E-state index is 12.1. The molecule has 0 N–H and O–H groups in total. The van der Waals surface area contributed by atoms with Crippen molar-refractivity contribution in [2.24, 2.45) is 0 Å². The molecule has 0 aliphatic rings. The van der Waals surface area contributed by atoms with Crippen LogP contribution in [0.3, 0.4) is 0 Å². The molecule has 108 valence electrons. The van der Waals surface area contributed by atoms with E-state index in [2.05, 4.69) is 0 Å². The van der Waals surface area contributed by atoms with Gasteiger partial charge in [0.15, 0.2) is 11.5 Å². The second kappa shape index (κ2) is 5.01. The molecule has 0 unspecified atom stereocenters. The molecular formula is C16H14O5. The van der Waals surface area contributed by atoms with Gasteiger partial charge in [-0.25, -0.2) is 4.79 Å². The maximum absolute atomic E-state index is 12.1. The molecule has 1 aromatic carbocycles. The summed E-state index contributed by atoms with van der Waals surface area (Å²) >= 11 is 0. The van der Waals surface area contributed by atoms with Gasteiger partial charge in [0.25, 0.3) is 0 Å². The summed E-state index contributed by atoms with van der Waals surface area (Å²) in [5, 5.41) is 0.459. The second-order valence-corrected chi connectivity index (χ2v) is 4.60. The fourth-order valence-corrected chi connectivity index (χ4v) is 2.35. The molecule has 0 saturated heterocycles.